The second-order valence-electron chi connectivity index (χ2n) is 4.85. The van der Waals surface area contributed by atoms with Crippen molar-refractivity contribution in [2.45, 2.75) is 6.18 Å². The molecular formula is C16H11F5N4O. The molecule has 136 valence electrons. The van der Waals surface area contributed by atoms with Crippen LogP contribution in [0, 0.1) is 11.6 Å². The molecule has 0 fully saturated rings. The summed E-state index contributed by atoms with van der Waals surface area (Å²) in [7, 11) is 0. The number of nitrogens with two attached hydrogens (primary N) is 1. The van der Waals surface area contributed by atoms with Crippen molar-refractivity contribution < 1.29 is 26.7 Å². The largest absolute Gasteiger partial charge is 0.417 e. The molecule has 0 radical (unpaired) electrons. The van der Waals surface area contributed by atoms with Crippen LogP contribution >= 0.6 is 0 Å². The predicted octanol–water partition coefficient (Wildman–Crippen LogP) is 3.50. The number of aromatic nitrogens is 1. The molecule has 0 atom stereocenters. The molecular weight excluding hydrogens is 359 g/mol. The summed E-state index contributed by atoms with van der Waals surface area (Å²) in [5.74, 6) is -3.77. The number of aliphatic imine (C=N–C) groups is 1. The molecule has 10 heteroatoms. The molecule has 5 nitrogen and oxygen atoms in total. The van der Waals surface area contributed by atoms with Crippen LogP contribution in [-0.4, -0.2) is 16.7 Å². The molecule has 1 aromatic heterocycles. The van der Waals surface area contributed by atoms with Crippen LogP contribution in [0.2, 0.25) is 0 Å². The van der Waals surface area contributed by atoms with E-state index in [9.17, 15) is 26.7 Å². The van der Waals surface area contributed by atoms with Gasteiger partial charge in [-0.15, -0.1) is 0 Å². The van der Waals surface area contributed by atoms with Crippen LogP contribution in [0.1, 0.15) is 15.9 Å². The molecule has 0 aliphatic carbocycles. The minimum absolute atomic E-state index is 0.316. The van der Waals surface area contributed by atoms with Gasteiger partial charge in [0.25, 0.3) is 5.91 Å². The van der Waals surface area contributed by atoms with E-state index in [-0.39, 0.29) is 5.82 Å². The molecule has 1 heterocycles. The topological polar surface area (TPSA) is 80.4 Å². The Bertz CT molecular complexity index is 877. The molecule has 0 unspecified atom stereocenters. The van der Waals surface area contributed by atoms with Crippen LogP contribution in [0.3, 0.4) is 0 Å². The highest BCUT2D eigenvalue weighted by Crippen LogP contribution is 2.32. The Hall–Kier alpha value is -3.30. The van der Waals surface area contributed by atoms with Gasteiger partial charge >= 0.3 is 6.18 Å². The number of benzene rings is 1. The van der Waals surface area contributed by atoms with E-state index in [1.165, 1.54) is 6.07 Å². The molecule has 2 aromatic rings. The lowest BCUT2D eigenvalue weighted by Gasteiger charge is -2.09. The van der Waals surface area contributed by atoms with Crippen LogP contribution in [-0.2, 0) is 6.18 Å². The standard InChI is InChI=1S/C16H11F5N4O/c17-9-7-12(18)14(24-8-9)23-6-5-13(22)25-15(26)10-3-1-2-4-11(10)16(19,20)21/h1-8H,(H,23,24)(H2,22,25,26)/b6-5-. The van der Waals surface area contributed by atoms with E-state index >= 15 is 0 Å². The molecule has 0 saturated carbocycles. The Morgan fingerprint density at radius 2 is 1.92 bits per heavy atom. The molecule has 0 spiro atoms. The zero-order valence-corrected chi connectivity index (χ0v) is 12.9. The van der Waals surface area contributed by atoms with Gasteiger partial charge in [-0.1, -0.05) is 12.1 Å². The molecule has 1 aromatic carbocycles. The van der Waals surface area contributed by atoms with Gasteiger partial charge in [-0.05, 0) is 18.2 Å². The Kier molecular flexibility index (Phi) is 5.65. The third-order valence-corrected chi connectivity index (χ3v) is 2.98. The van der Waals surface area contributed by atoms with Crippen LogP contribution in [0.15, 0.2) is 53.8 Å². The van der Waals surface area contributed by atoms with E-state index in [4.69, 9.17) is 5.73 Å². The number of nitrogens with zero attached hydrogens (tertiary/aromatic N) is 2. The van der Waals surface area contributed by atoms with E-state index in [1.807, 2.05) is 0 Å². The number of alkyl halides is 3. The SMILES string of the molecule is NC(/C=C\Nc1ncc(F)cc1F)=NC(=O)c1ccccc1C(F)(F)F. The summed E-state index contributed by atoms with van der Waals surface area (Å²) < 4.78 is 64.7. The van der Waals surface area contributed by atoms with Gasteiger partial charge in [-0.3, -0.25) is 4.79 Å². The summed E-state index contributed by atoms with van der Waals surface area (Å²) in [5, 5.41) is 2.33. The summed E-state index contributed by atoms with van der Waals surface area (Å²) in [6.07, 6.45) is -1.89. The first-order chi connectivity index (χ1) is 12.2. The number of hydrogen-bond donors (Lipinski definition) is 2. The summed E-state index contributed by atoms with van der Waals surface area (Å²) in [4.78, 5) is 18.7. The second-order valence-corrected chi connectivity index (χ2v) is 4.85. The van der Waals surface area contributed by atoms with Gasteiger partial charge in [0.15, 0.2) is 11.6 Å². The first-order valence-corrected chi connectivity index (χ1v) is 6.97. The lowest BCUT2D eigenvalue weighted by atomic mass is 10.1. The lowest BCUT2D eigenvalue weighted by molar-refractivity contribution is -0.137. The third-order valence-electron chi connectivity index (χ3n) is 2.98. The molecule has 0 saturated heterocycles. The van der Waals surface area contributed by atoms with Crippen molar-refractivity contribution in [2.24, 2.45) is 10.7 Å². The van der Waals surface area contributed by atoms with Crippen molar-refractivity contribution in [3.63, 3.8) is 0 Å². The summed E-state index contributed by atoms with van der Waals surface area (Å²) in [6, 6.07) is 4.72. The maximum atomic E-state index is 13.3. The zero-order chi connectivity index (χ0) is 19.3. The van der Waals surface area contributed by atoms with Gasteiger partial charge in [0, 0.05) is 12.3 Å². The molecule has 2 rings (SSSR count). The van der Waals surface area contributed by atoms with Crippen LogP contribution in [0.25, 0.3) is 0 Å². The van der Waals surface area contributed by atoms with Gasteiger partial charge in [0.1, 0.15) is 11.7 Å². The van der Waals surface area contributed by atoms with Crippen molar-refractivity contribution in [2.75, 3.05) is 5.32 Å². The number of nitrogens with one attached hydrogen (secondary N) is 1. The highest BCUT2D eigenvalue weighted by atomic mass is 19.4. The monoisotopic (exact) mass is 370 g/mol. The number of carbonyl (C=O) groups is 1. The van der Waals surface area contributed by atoms with Gasteiger partial charge in [-0.25, -0.2) is 13.8 Å². The molecule has 0 bridgehead atoms. The molecule has 1 amide bonds. The molecule has 0 aliphatic rings. The van der Waals surface area contributed by atoms with E-state index < -0.39 is 40.7 Å². The number of amides is 1. The average molecular weight is 370 g/mol. The average Bonchev–Trinajstić information content (AvgIpc) is 2.56. The van der Waals surface area contributed by atoms with Crippen molar-refractivity contribution in [3.05, 3.63) is 71.6 Å². The molecule has 3 N–H and O–H groups in total. The van der Waals surface area contributed by atoms with Crippen molar-refractivity contribution in [1.82, 2.24) is 4.98 Å². The first kappa shape index (κ1) is 19.0. The Morgan fingerprint density at radius 3 is 2.58 bits per heavy atom. The first-order valence-electron chi connectivity index (χ1n) is 6.97. The summed E-state index contributed by atoms with van der Waals surface area (Å²) in [5.41, 5.74) is 3.65. The lowest BCUT2D eigenvalue weighted by Crippen LogP contribution is -2.16. The third kappa shape index (κ3) is 4.85. The second kappa shape index (κ2) is 7.72. The number of hydrogen-bond acceptors (Lipinski definition) is 3. The fourth-order valence-electron chi connectivity index (χ4n) is 1.86. The fourth-order valence-corrected chi connectivity index (χ4v) is 1.86. The van der Waals surface area contributed by atoms with E-state index in [1.54, 1.807) is 0 Å². The number of anilines is 1. The predicted molar refractivity (Wildman–Crippen MR) is 84.3 cm³/mol. The minimum Gasteiger partial charge on any atom is -0.384 e. The van der Waals surface area contributed by atoms with Gasteiger partial charge < -0.3 is 11.1 Å². The minimum atomic E-state index is -4.72. The van der Waals surface area contributed by atoms with Gasteiger partial charge in [0.05, 0.1) is 17.3 Å². The Morgan fingerprint density at radius 1 is 1.23 bits per heavy atom. The number of rotatable bonds is 4. The normalized spacial score (nSPS) is 12.4. The summed E-state index contributed by atoms with van der Waals surface area (Å²) in [6.45, 7) is 0. The van der Waals surface area contributed by atoms with E-state index in [0.29, 0.717) is 6.07 Å². The van der Waals surface area contributed by atoms with Crippen LogP contribution in [0.5, 0.6) is 0 Å². The van der Waals surface area contributed by atoms with Crippen molar-refractivity contribution >= 4 is 17.6 Å². The van der Waals surface area contributed by atoms with Crippen molar-refractivity contribution in [1.29, 1.82) is 0 Å². The van der Waals surface area contributed by atoms with Crippen LogP contribution < -0.4 is 11.1 Å². The summed E-state index contributed by atoms with van der Waals surface area (Å²) >= 11 is 0. The zero-order valence-electron chi connectivity index (χ0n) is 12.9. The number of pyridine rings is 1. The number of amidine groups is 1. The molecule has 26 heavy (non-hydrogen) atoms. The van der Waals surface area contributed by atoms with Gasteiger partial charge in [0.2, 0.25) is 0 Å². The highest BCUT2D eigenvalue weighted by Gasteiger charge is 2.34. The molecule has 0 aliphatic heterocycles. The quantitative estimate of drug-likeness (QED) is 0.490. The Balaban J connectivity index is 2.13. The van der Waals surface area contributed by atoms with E-state index in [2.05, 4.69) is 15.3 Å². The van der Waals surface area contributed by atoms with Crippen LogP contribution in [0.4, 0.5) is 27.8 Å². The number of carbonyl (C=O) groups excluding carboxylic acids is 1. The van der Waals surface area contributed by atoms with Crippen molar-refractivity contribution in [3.8, 4) is 0 Å². The number of halogens is 5. The van der Waals surface area contributed by atoms with Gasteiger partial charge in [-0.2, -0.15) is 18.2 Å². The Labute approximate surface area is 144 Å². The maximum Gasteiger partial charge on any atom is 0.417 e. The maximum absolute atomic E-state index is 13.3. The van der Waals surface area contributed by atoms with E-state index in [0.717, 1.165) is 36.7 Å². The smallest absolute Gasteiger partial charge is 0.384 e. The fraction of sp³-hybridized carbons (Fsp3) is 0.0625. The highest BCUT2D eigenvalue weighted by molar-refractivity contribution is 6.07.